The maximum atomic E-state index is 13.3. The zero-order chi connectivity index (χ0) is 88.2. The number of unbranched alkanes of at least 4 members (excludes halogenated alkanes) is 4. The number of nitrogens with zero attached hydrogens (tertiary/aromatic N) is 8. The van der Waals surface area contributed by atoms with Crippen molar-refractivity contribution in [3.8, 4) is 0 Å². The first-order valence-corrected chi connectivity index (χ1v) is 46.6. The number of nitrogens with two attached hydrogens (primary N) is 2. The van der Waals surface area contributed by atoms with Gasteiger partial charge in [0.05, 0.1) is 54.7 Å². The van der Waals surface area contributed by atoms with Crippen LogP contribution in [0.15, 0.2) is 49.6 Å². The highest BCUT2D eigenvalue weighted by atomic mass is 31.3. The Morgan fingerprint density at radius 2 is 0.883 bits per heavy atom. The number of imidazole rings is 2. The van der Waals surface area contributed by atoms with Crippen molar-refractivity contribution in [2.24, 2.45) is 21.7 Å². The van der Waals surface area contributed by atoms with Crippen LogP contribution in [0.2, 0.25) is 0 Å². The molecule has 2 saturated carbocycles. The first-order chi connectivity index (χ1) is 56.0. The van der Waals surface area contributed by atoms with Crippen LogP contribution in [-0.2, 0) is 114 Å². The van der Waals surface area contributed by atoms with Gasteiger partial charge in [-0.1, -0.05) is 77.6 Å². The van der Waals surface area contributed by atoms with Crippen LogP contribution in [0, 0.1) is 21.7 Å². The average molecular weight is 1810 g/mol. The van der Waals surface area contributed by atoms with Crippen LogP contribution in [0.1, 0.15) is 154 Å². The number of Topliss-reactive ketones (excluding diaryl/α,β-unsaturated/α-hetero) is 2. The summed E-state index contributed by atoms with van der Waals surface area (Å²) in [6, 6.07) is 8.38. The van der Waals surface area contributed by atoms with Gasteiger partial charge >= 0.3 is 0 Å². The predicted molar refractivity (Wildman–Crippen MR) is 395 cm³/mol. The maximum Gasteiger partial charge on any atom is 0.274 e. The first kappa shape index (κ1) is 97.4. The summed E-state index contributed by atoms with van der Waals surface area (Å²) in [4.78, 5) is 198. The Balaban J connectivity index is 0.575. The second kappa shape index (κ2) is 40.7. The van der Waals surface area contributed by atoms with E-state index in [0.717, 1.165) is 111 Å². The molecule has 4 amide bonds. The van der Waals surface area contributed by atoms with E-state index in [1.54, 1.807) is 0 Å². The molecule has 6 heterocycles. The van der Waals surface area contributed by atoms with Crippen LogP contribution >= 0.6 is 46.9 Å². The monoisotopic (exact) mass is 1810 g/mol. The van der Waals surface area contributed by atoms with E-state index >= 15 is 0 Å². The number of aryl methyl sites for hydroxylation is 2. The summed E-state index contributed by atoms with van der Waals surface area (Å²) in [6.45, 7) is -0.460. The Bertz CT molecular complexity index is 4470. The van der Waals surface area contributed by atoms with E-state index in [1.807, 2.05) is 6.07 Å². The molecule has 2 aliphatic carbocycles. The number of anilines is 2. The van der Waals surface area contributed by atoms with E-state index in [1.165, 1.54) is 38.8 Å². The summed E-state index contributed by atoms with van der Waals surface area (Å²) in [5, 5.41) is 53.4. The number of carbonyl (C=O) groups excluding carboxylic acids is 6. The van der Waals surface area contributed by atoms with E-state index in [-0.39, 0.29) is 97.4 Å². The summed E-state index contributed by atoms with van der Waals surface area (Å²) in [6.07, 6.45) is -4.22. The summed E-state index contributed by atoms with van der Waals surface area (Å²) in [5.41, 5.74) is 9.50. The van der Waals surface area contributed by atoms with Crippen LogP contribution in [0.3, 0.4) is 0 Å². The van der Waals surface area contributed by atoms with Crippen LogP contribution < -0.4 is 71.9 Å². The predicted octanol–water partition coefficient (Wildman–Crippen LogP) is -2.85. The molecule has 9 rings (SSSR count). The molecule has 670 valence electrons. The lowest BCUT2D eigenvalue weighted by atomic mass is 9.87. The molecule has 54 heteroatoms. The van der Waals surface area contributed by atoms with Gasteiger partial charge in [-0.3, -0.25) is 56.2 Å². The van der Waals surface area contributed by atoms with Gasteiger partial charge in [-0.25, -0.2) is 38.5 Å². The van der Waals surface area contributed by atoms with Crippen LogP contribution in [0.25, 0.3) is 22.3 Å². The molecule has 4 aliphatic rings. The molecular formula is C66H94N14O34P6-8. The van der Waals surface area contributed by atoms with Crippen LogP contribution in [0.5, 0.6) is 0 Å². The summed E-state index contributed by atoms with van der Waals surface area (Å²) in [7, 11) is -35.6. The topological polar surface area (TPSA) is 750 Å². The molecule has 2 saturated heterocycles. The van der Waals surface area contributed by atoms with Gasteiger partial charge in [0.1, 0.15) is 84.1 Å². The number of fused-ring (bicyclic) bond motifs is 2. The van der Waals surface area contributed by atoms with Crippen molar-refractivity contribution in [3.63, 3.8) is 0 Å². The van der Waals surface area contributed by atoms with Gasteiger partial charge in [-0.05, 0) is 75.3 Å². The van der Waals surface area contributed by atoms with E-state index in [0.29, 0.717) is 12.8 Å². The van der Waals surface area contributed by atoms with Gasteiger partial charge in [0, 0.05) is 73.5 Å². The summed E-state index contributed by atoms with van der Waals surface area (Å²) in [5.74, 6) is -3.28. The number of phosphoric acid groups is 6. The minimum absolute atomic E-state index is 0.0197. The molecule has 14 atom stereocenters. The van der Waals surface area contributed by atoms with Gasteiger partial charge in [-0.15, -0.1) is 0 Å². The standard InChI is InChI=1S/C66H102N14O34P6/c1-63(2,33-107-119(101,102)113-117(97,98)105-31-41-51(111-115(91,92)93)49(85)61(109-41)79-37-77-47-55(67)73-35-75-57(47)79)53(87)59(89)71-28-18-45(83)69-26-16-43(81)65(22-23-65)20-9-5-7-12-39-14-11-15-40(30-39)13-8-6-10-21-66(24-25-66)44(82)17-27-70-46(84)19-29-72-60(90)54(88)64(3,4)34-108-120(103,104)114-118(99,100)106-32-42-52(112-116(94,95)96)50(86)62(110-42)80-38-78-48-56(68)74-36-76-58(48)80/h11,14-15,30,35-38,41-42,49-54,61-62,85-88H,5-10,12-13,16-29,31-34H2,1-4H3,(H,69,83)(H,70,84)(H,71,89)(H,72,90)(H,97,98)(H,99,100)(H,101,102)(H,103,104)(H2,67,73,75)(H2,68,74,76)(H2,91,92,93)(H2,94,95,96)/p-8. The van der Waals surface area contributed by atoms with Crippen molar-refractivity contribution in [3.05, 3.63) is 60.7 Å². The van der Waals surface area contributed by atoms with Gasteiger partial charge in [0.25, 0.3) is 31.3 Å². The molecule has 0 spiro atoms. The largest absolute Gasteiger partial charge is 0.790 e. The van der Waals surface area contributed by atoms with E-state index in [4.69, 9.17) is 20.9 Å². The molecule has 48 nitrogen and oxygen atoms in total. The number of carbonyl (C=O) groups is 6. The number of nitrogens with one attached hydrogen (secondary N) is 4. The molecular weight excluding hydrogens is 1720 g/mol. The maximum absolute atomic E-state index is 13.3. The third-order valence-electron chi connectivity index (χ3n) is 20.6. The molecule has 5 aromatic rings. The zero-order valence-corrected chi connectivity index (χ0v) is 70.6. The molecule has 2 aliphatic heterocycles. The number of amides is 4. The average Bonchev–Trinajstić information content (AvgIpc) is 1.61. The fraction of sp³-hybridized carbons (Fsp3) is 0.667. The fourth-order valence-corrected chi connectivity index (χ4v) is 19.0. The number of hydrogen-bond acceptors (Lipinski definition) is 42. The number of nitrogen functional groups attached to an aromatic ring is 2. The van der Waals surface area contributed by atoms with Crippen LogP contribution in [0.4, 0.5) is 11.6 Å². The Kier molecular flexibility index (Phi) is 33.1. The van der Waals surface area contributed by atoms with Gasteiger partial charge in [0.15, 0.2) is 35.4 Å². The van der Waals surface area contributed by atoms with Crippen LogP contribution in [-0.4, -0.2) is 196 Å². The third-order valence-corrected chi connectivity index (χ3v) is 26.6. The van der Waals surface area contributed by atoms with E-state index < -0.39 is 180 Å². The van der Waals surface area contributed by atoms with Crippen molar-refractivity contribution in [2.75, 3.05) is 64.1 Å². The Morgan fingerprint density at radius 1 is 0.525 bits per heavy atom. The minimum Gasteiger partial charge on any atom is -0.790 e. The molecule has 0 bridgehead atoms. The third kappa shape index (κ3) is 27.8. The minimum atomic E-state index is -5.99. The number of aliphatic hydroxyl groups excluding tert-OH is 4. The zero-order valence-electron chi connectivity index (χ0n) is 65.2. The van der Waals surface area contributed by atoms with Gasteiger partial charge < -0.3 is 138 Å². The SMILES string of the molecule is CC(C)(COP(=O)([O-])OP(=O)([O-])OCC1OC(n2cnc3c(N)ncnc32)C(O)C1OP(=O)([O-])[O-])C(O)C(=O)NCCC(=O)NCCC(=O)C1(CCCCCc2cccc(CCCCCC3(C(=O)CCNC(=O)CCNC(=O)C(O)C(C)(C)COP(=O)([O-])OP(=O)([O-])OCC4OC(n5cnc6c(N)ncnc65)C(O)C4OP(=O)([O-])[O-])CC3)c2)CC1. The number of aromatic nitrogens is 8. The summed E-state index contributed by atoms with van der Waals surface area (Å²) < 4.78 is 123. The molecule has 4 aromatic heterocycles. The lowest BCUT2D eigenvalue weighted by molar-refractivity contribution is -0.348. The van der Waals surface area contributed by atoms with Gasteiger partial charge in [-0.2, -0.15) is 0 Å². The first-order valence-electron chi connectivity index (χ1n) is 37.8. The molecule has 120 heavy (non-hydrogen) atoms. The van der Waals surface area contributed by atoms with Gasteiger partial charge in [0.2, 0.25) is 23.6 Å². The smallest absolute Gasteiger partial charge is 0.274 e. The number of aliphatic hydroxyl groups is 4. The Hall–Kier alpha value is -6.36. The van der Waals surface area contributed by atoms with Crippen molar-refractivity contribution in [1.29, 1.82) is 0 Å². The molecule has 1 aromatic carbocycles. The highest BCUT2D eigenvalue weighted by Crippen LogP contribution is 2.59. The van der Waals surface area contributed by atoms with Crippen molar-refractivity contribution in [2.45, 2.75) is 205 Å². The number of ketones is 2. The molecule has 12 N–H and O–H groups in total. The van der Waals surface area contributed by atoms with Crippen molar-refractivity contribution < 1.29 is 161 Å². The van der Waals surface area contributed by atoms with Crippen molar-refractivity contribution >= 4 is 116 Å². The number of phosphoric ester groups is 6. The Morgan fingerprint density at radius 3 is 1.24 bits per heavy atom. The number of rotatable bonds is 52. The molecule has 0 radical (unpaired) electrons. The molecule has 4 fully saturated rings. The van der Waals surface area contributed by atoms with E-state index in [2.05, 4.69) is 105 Å². The fourth-order valence-electron chi connectivity index (χ4n) is 13.5. The highest BCUT2D eigenvalue weighted by Gasteiger charge is 2.52. The molecule has 14 unspecified atom stereocenters. The number of hydrogen-bond donors (Lipinski definition) is 10. The second-order valence-corrected chi connectivity index (χ2v) is 38.9. The Labute approximate surface area is 685 Å². The highest BCUT2D eigenvalue weighted by molar-refractivity contribution is 7.60. The lowest BCUT2D eigenvalue weighted by Crippen LogP contribution is -2.46. The van der Waals surface area contributed by atoms with Crippen molar-refractivity contribution in [1.82, 2.24) is 60.3 Å². The van der Waals surface area contributed by atoms with E-state index in [9.17, 15) is 116 Å². The quantitative estimate of drug-likeness (QED) is 0.0138. The number of ether oxygens (including phenoxy) is 2. The summed E-state index contributed by atoms with van der Waals surface area (Å²) >= 11 is 0. The normalized spacial score (nSPS) is 22.9. The second-order valence-electron chi connectivity index (χ2n) is 30.8. The lowest BCUT2D eigenvalue weighted by Gasteiger charge is -2.36. The number of benzene rings is 1.